The van der Waals surface area contributed by atoms with Gasteiger partial charge < -0.3 is 14.8 Å². The Balaban J connectivity index is 1.98. The Morgan fingerprint density at radius 2 is 1.83 bits per heavy atom. The van der Waals surface area contributed by atoms with E-state index in [1.807, 2.05) is 44.2 Å². The molecule has 0 fully saturated rings. The normalized spacial score (nSPS) is 13.8. The molecule has 0 heterocycles. The quantitative estimate of drug-likeness (QED) is 0.456. The van der Waals surface area contributed by atoms with E-state index in [1.165, 1.54) is 7.11 Å². The number of nitrogens with zero attached hydrogens (tertiary/aromatic N) is 2. The van der Waals surface area contributed by atoms with Crippen LogP contribution < -0.4 is 10.1 Å². The number of aliphatic imine (C=N–C) groups is 1. The first kappa shape index (κ1) is 25.2. The van der Waals surface area contributed by atoms with Crippen LogP contribution in [0.4, 0.5) is 0 Å². The van der Waals surface area contributed by atoms with E-state index in [0.717, 1.165) is 27.8 Å². The zero-order valence-electron chi connectivity index (χ0n) is 20.4. The fourth-order valence-corrected chi connectivity index (χ4v) is 4.04. The third-order valence-corrected chi connectivity index (χ3v) is 5.76. The first-order valence-corrected chi connectivity index (χ1v) is 11.0. The lowest BCUT2D eigenvalue weighted by molar-refractivity contribution is 0.0596. The number of methoxy groups -OCH3 is 2. The molecular formula is C28H27N3O4. The number of nitriles is 1. The van der Waals surface area contributed by atoms with Gasteiger partial charge in [0, 0.05) is 31.0 Å². The van der Waals surface area contributed by atoms with Gasteiger partial charge in [-0.25, -0.2) is 4.79 Å². The van der Waals surface area contributed by atoms with Gasteiger partial charge in [0.1, 0.15) is 11.8 Å². The Labute approximate surface area is 205 Å². The highest BCUT2D eigenvalue weighted by molar-refractivity contribution is 6.12. The van der Waals surface area contributed by atoms with E-state index >= 15 is 0 Å². The van der Waals surface area contributed by atoms with Crippen LogP contribution in [0.5, 0.6) is 5.75 Å². The number of esters is 1. The van der Waals surface area contributed by atoms with E-state index in [-0.39, 0.29) is 11.1 Å². The van der Waals surface area contributed by atoms with Gasteiger partial charge in [-0.05, 0) is 54.8 Å². The molecule has 0 radical (unpaired) electrons. The number of carbonyl (C=O) groups excluding carboxylic acids is 2. The average Bonchev–Trinajstić information content (AvgIpc) is 3.20. The van der Waals surface area contributed by atoms with Crippen molar-refractivity contribution in [3.63, 3.8) is 0 Å². The molecule has 2 aromatic carbocycles. The maximum atomic E-state index is 13.3. The highest BCUT2D eigenvalue weighted by Gasteiger charge is 2.27. The standard InChI is InChI=1S/C28H27N3O4/c1-6-18(16-30-3)20-9-12-22(23(14-20)28(33)35-5)27(32)31-25-13-17(2)26(24(25)15-29)19-7-10-21(34-4)11-8-19/h6-12,14,16H,13H2,1-5H3,(H,31,32)/b18-6+,30-16?. The van der Waals surface area contributed by atoms with Crippen LogP contribution in [-0.2, 0) is 4.74 Å². The van der Waals surface area contributed by atoms with Gasteiger partial charge in [-0.2, -0.15) is 5.26 Å². The molecule has 0 spiro atoms. The zero-order chi connectivity index (χ0) is 25.5. The van der Waals surface area contributed by atoms with E-state index in [0.29, 0.717) is 23.4 Å². The van der Waals surface area contributed by atoms with Crippen LogP contribution in [0.15, 0.2) is 70.4 Å². The summed E-state index contributed by atoms with van der Waals surface area (Å²) >= 11 is 0. The van der Waals surface area contributed by atoms with Crippen molar-refractivity contribution < 1.29 is 19.1 Å². The van der Waals surface area contributed by atoms with Crippen molar-refractivity contribution >= 4 is 29.2 Å². The lowest BCUT2D eigenvalue weighted by Crippen LogP contribution is -2.25. The molecule has 2 aromatic rings. The molecule has 178 valence electrons. The largest absolute Gasteiger partial charge is 0.497 e. The van der Waals surface area contributed by atoms with Crippen molar-refractivity contribution in [2.45, 2.75) is 20.3 Å². The highest BCUT2D eigenvalue weighted by Crippen LogP contribution is 2.38. The topological polar surface area (TPSA) is 101 Å². The van der Waals surface area contributed by atoms with Crippen molar-refractivity contribution in [1.82, 2.24) is 5.32 Å². The van der Waals surface area contributed by atoms with Crippen LogP contribution in [0.3, 0.4) is 0 Å². The molecule has 1 aliphatic carbocycles. The molecule has 1 N–H and O–H groups in total. The van der Waals surface area contributed by atoms with Gasteiger partial charge >= 0.3 is 5.97 Å². The van der Waals surface area contributed by atoms with Crippen LogP contribution in [0.1, 0.15) is 52.1 Å². The fourth-order valence-electron chi connectivity index (χ4n) is 4.04. The minimum absolute atomic E-state index is 0.128. The minimum Gasteiger partial charge on any atom is -0.497 e. The number of hydrogen-bond acceptors (Lipinski definition) is 6. The summed E-state index contributed by atoms with van der Waals surface area (Å²) in [5.74, 6) is -0.407. The average molecular weight is 470 g/mol. The zero-order valence-corrected chi connectivity index (χ0v) is 20.4. The number of carbonyl (C=O) groups is 2. The van der Waals surface area contributed by atoms with Crippen molar-refractivity contribution in [2.75, 3.05) is 21.3 Å². The smallest absolute Gasteiger partial charge is 0.338 e. The molecular weight excluding hydrogens is 442 g/mol. The molecule has 3 rings (SSSR count). The number of nitrogens with one attached hydrogen (secondary N) is 1. The molecule has 0 aliphatic heterocycles. The predicted molar refractivity (Wildman–Crippen MR) is 136 cm³/mol. The Kier molecular flexibility index (Phi) is 8.00. The lowest BCUT2D eigenvalue weighted by atomic mass is 9.98. The second-order valence-electron chi connectivity index (χ2n) is 7.86. The van der Waals surface area contributed by atoms with Gasteiger partial charge in [-0.3, -0.25) is 9.79 Å². The second kappa shape index (κ2) is 11.1. The number of hydrogen-bond donors (Lipinski definition) is 1. The first-order chi connectivity index (χ1) is 16.9. The van der Waals surface area contributed by atoms with Crippen molar-refractivity contribution in [2.24, 2.45) is 4.99 Å². The molecule has 7 heteroatoms. The van der Waals surface area contributed by atoms with Gasteiger partial charge in [0.2, 0.25) is 0 Å². The number of amides is 1. The number of allylic oxidation sites excluding steroid dienone is 5. The highest BCUT2D eigenvalue weighted by atomic mass is 16.5. The van der Waals surface area contributed by atoms with Crippen LogP contribution in [-0.4, -0.2) is 39.4 Å². The molecule has 0 bridgehead atoms. The molecule has 0 aromatic heterocycles. The van der Waals surface area contributed by atoms with Crippen molar-refractivity contribution in [3.8, 4) is 11.8 Å². The molecule has 7 nitrogen and oxygen atoms in total. The molecule has 35 heavy (non-hydrogen) atoms. The number of ether oxygens (including phenoxy) is 2. The summed E-state index contributed by atoms with van der Waals surface area (Å²) in [5, 5.41) is 12.8. The minimum atomic E-state index is -0.630. The van der Waals surface area contributed by atoms with E-state index in [4.69, 9.17) is 9.47 Å². The molecule has 0 unspecified atom stereocenters. The van der Waals surface area contributed by atoms with Crippen LogP contribution >= 0.6 is 0 Å². The van der Waals surface area contributed by atoms with Gasteiger partial charge in [-0.1, -0.05) is 29.8 Å². The van der Waals surface area contributed by atoms with Gasteiger partial charge in [0.25, 0.3) is 5.91 Å². The monoisotopic (exact) mass is 469 g/mol. The first-order valence-electron chi connectivity index (χ1n) is 11.0. The van der Waals surface area contributed by atoms with Gasteiger partial charge in [0.15, 0.2) is 0 Å². The summed E-state index contributed by atoms with van der Waals surface area (Å²) in [7, 11) is 4.52. The Bertz CT molecular complexity index is 1320. The Morgan fingerprint density at radius 1 is 1.11 bits per heavy atom. The summed E-state index contributed by atoms with van der Waals surface area (Å²) in [6.07, 6.45) is 3.95. The Hall–Kier alpha value is -4.44. The van der Waals surface area contributed by atoms with Gasteiger partial charge in [-0.15, -0.1) is 0 Å². The van der Waals surface area contributed by atoms with Crippen LogP contribution in [0, 0.1) is 11.3 Å². The number of rotatable bonds is 7. The second-order valence-corrected chi connectivity index (χ2v) is 7.86. The third kappa shape index (κ3) is 5.22. The summed E-state index contributed by atoms with van der Waals surface area (Å²) in [5.41, 5.74) is 5.31. The SMILES string of the molecule is C/C=C(\C=NC)c1ccc(C(=O)NC2=C(C#N)C(c3ccc(OC)cc3)=C(C)C2)c(C(=O)OC)c1. The van der Waals surface area contributed by atoms with Crippen LogP contribution in [0.2, 0.25) is 0 Å². The molecule has 1 amide bonds. The third-order valence-electron chi connectivity index (χ3n) is 5.76. The van der Waals surface area contributed by atoms with E-state index in [2.05, 4.69) is 16.4 Å². The van der Waals surface area contributed by atoms with E-state index in [1.54, 1.807) is 38.6 Å². The Morgan fingerprint density at radius 3 is 2.40 bits per heavy atom. The molecule has 0 saturated carbocycles. The molecule has 1 aliphatic rings. The van der Waals surface area contributed by atoms with Crippen molar-refractivity contribution in [1.29, 1.82) is 5.26 Å². The maximum absolute atomic E-state index is 13.3. The predicted octanol–water partition coefficient (Wildman–Crippen LogP) is 4.97. The fraction of sp³-hybridized carbons (Fsp3) is 0.214. The van der Waals surface area contributed by atoms with E-state index in [9.17, 15) is 14.9 Å². The molecule has 0 saturated heterocycles. The number of benzene rings is 2. The lowest BCUT2D eigenvalue weighted by Gasteiger charge is -2.13. The maximum Gasteiger partial charge on any atom is 0.338 e. The van der Waals surface area contributed by atoms with Crippen LogP contribution in [0.25, 0.3) is 11.1 Å². The van der Waals surface area contributed by atoms with Gasteiger partial charge in [0.05, 0.1) is 30.9 Å². The van der Waals surface area contributed by atoms with Crippen molar-refractivity contribution in [3.05, 3.63) is 87.6 Å². The molecule has 0 atom stereocenters. The summed E-state index contributed by atoms with van der Waals surface area (Å²) in [6.45, 7) is 3.79. The summed E-state index contributed by atoms with van der Waals surface area (Å²) in [6, 6.07) is 14.6. The summed E-state index contributed by atoms with van der Waals surface area (Å²) < 4.78 is 10.1. The summed E-state index contributed by atoms with van der Waals surface area (Å²) in [4.78, 5) is 29.8. The van der Waals surface area contributed by atoms with E-state index < -0.39 is 11.9 Å².